The molecular formula is C47H61F3N8O8S. The summed E-state index contributed by atoms with van der Waals surface area (Å²) in [5.41, 5.74) is 4.38. The Morgan fingerprint density at radius 2 is 1.85 bits per heavy atom. The van der Waals surface area contributed by atoms with Crippen LogP contribution in [0.1, 0.15) is 91.4 Å². The van der Waals surface area contributed by atoms with Gasteiger partial charge in [-0.2, -0.15) is 17.5 Å². The monoisotopic (exact) mass is 954 g/mol. The number of carbonyl (C=O) groups is 4. The minimum atomic E-state index is -4.59. The van der Waals surface area contributed by atoms with Gasteiger partial charge >= 0.3 is 18.2 Å². The number of carbonyl (C=O) groups excluding carboxylic acids is 4. The molecule has 4 aromatic rings. The van der Waals surface area contributed by atoms with Gasteiger partial charge in [0.15, 0.2) is 0 Å². The average Bonchev–Trinajstić information content (AvgIpc) is 3.82. The van der Waals surface area contributed by atoms with Crippen molar-refractivity contribution in [3.8, 4) is 21.8 Å². The molecule has 20 heteroatoms. The van der Waals surface area contributed by atoms with Crippen LogP contribution in [0.3, 0.4) is 0 Å². The molecule has 0 unspecified atom stereocenters. The number of nitrogens with zero attached hydrogens (tertiary/aromatic N) is 6. The van der Waals surface area contributed by atoms with Crippen LogP contribution < -0.4 is 10.7 Å². The Hall–Kier alpha value is -5.18. The largest absolute Gasteiger partial charge is 0.464 e. The van der Waals surface area contributed by atoms with Crippen molar-refractivity contribution in [3.05, 3.63) is 53.6 Å². The van der Waals surface area contributed by atoms with Gasteiger partial charge in [-0.3, -0.25) is 24.4 Å². The number of likely N-dealkylation sites (tertiary alicyclic amines) is 1. The molecule has 67 heavy (non-hydrogen) atoms. The van der Waals surface area contributed by atoms with E-state index in [1.165, 1.54) is 21.6 Å². The van der Waals surface area contributed by atoms with E-state index in [0.29, 0.717) is 69.9 Å². The van der Waals surface area contributed by atoms with Gasteiger partial charge in [-0.05, 0) is 100 Å². The molecule has 16 nitrogen and oxygen atoms in total. The van der Waals surface area contributed by atoms with Crippen LogP contribution >= 0.6 is 11.5 Å². The summed E-state index contributed by atoms with van der Waals surface area (Å²) in [6.45, 7) is 14.2. The zero-order valence-corrected chi connectivity index (χ0v) is 40.3. The van der Waals surface area contributed by atoms with Crippen molar-refractivity contribution < 1.29 is 51.3 Å². The number of hydrazine groups is 1. The van der Waals surface area contributed by atoms with Gasteiger partial charge in [0.1, 0.15) is 35.1 Å². The van der Waals surface area contributed by atoms with Crippen LogP contribution in [0.15, 0.2) is 36.5 Å². The first kappa shape index (κ1) is 49.7. The molecule has 0 radical (unpaired) electrons. The Bertz CT molecular complexity index is 2460. The fraction of sp³-hybridized carbons (Fsp3) is 0.596. The highest BCUT2D eigenvalue weighted by molar-refractivity contribution is 7.09. The molecule has 3 aliphatic heterocycles. The summed E-state index contributed by atoms with van der Waals surface area (Å²) in [5, 5.41) is 5.29. The van der Waals surface area contributed by atoms with Crippen molar-refractivity contribution >= 4 is 46.3 Å². The van der Waals surface area contributed by atoms with Crippen LogP contribution in [-0.2, 0) is 52.7 Å². The molecule has 2 saturated heterocycles. The van der Waals surface area contributed by atoms with E-state index in [4.69, 9.17) is 23.9 Å². The molecule has 4 atom stereocenters. The van der Waals surface area contributed by atoms with Gasteiger partial charge in [-0.1, -0.05) is 27.7 Å². The predicted octanol–water partition coefficient (Wildman–Crippen LogP) is 7.05. The molecule has 2 fully saturated rings. The Morgan fingerprint density at radius 1 is 1.10 bits per heavy atom. The van der Waals surface area contributed by atoms with E-state index < -0.39 is 71.7 Å². The highest BCUT2D eigenvalue weighted by Gasteiger charge is 2.40. The van der Waals surface area contributed by atoms with Gasteiger partial charge < -0.3 is 33.7 Å². The number of hydrogen-bond acceptors (Lipinski definition) is 13. The van der Waals surface area contributed by atoms with Gasteiger partial charge in [0.05, 0.1) is 55.8 Å². The molecule has 6 heterocycles. The quantitative estimate of drug-likeness (QED) is 0.155. The smallest absolute Gasteiger partial charge is 0.410 e. The second-order valence-corrected chi connectivity index (χ2v) is 20.6. The lowest BCUT2D eigenvalue weighted by atomic mass is 9.84. The summed E-state index contributed by atoms with van der Waals surface area (Å²) in [5.74, 6) is -2.14. The number of hydrogen-bond donors (Lipinski definition) is 2. The predicted molar refractivity (Wildman–Crippen MR) is 243 cm³/mol. The molecule has 3 amide bonds. The Labute approximate surface area is 392 Å². The zero-order valence-electron chi connectivity index (χ0n) is 39.5. The molecule has 1 aromatic carbocycles. The fourth-order valence-electron chi connectivity index (χ4n) is 8.59. The topological polar surface area (TPSA) is 179 Å². The number of fused-ring (bicyclic) bond motifs is 6. The van der Waals surface area contributed by atoms with E-state index >= 15 is 0 Å². The van der Waals surface area contributed by atoms with Crippen LogP contribution in [0.25, 0.3) is 32.7 Å². The minimum Gasteiger partial charge on any atom is -0.464 e. The molecule has 2 N–H and O–H groups in total. The molecule has 0 saturated carbocycles. The minimum absolute atomic E-state index is 0.0347. The molecule has 0 aliphatic carbocycles. The maximum Gasteiger partial charge on any atom is 0.410 e. The number of halogens is 3. The van der Waals surface area contributed by atoms with E-state index in [0.717, 1.165) is 11.5 Å². The van der Waals surface area contributed by atoms with Gasteiger partial charge in [0.25, 0.3) is 5.91 Å². The Morgan fingerprint density at radius 3 is 2.54 bits per heavy atom. The normalized spacial score (nSPS) is 20.6. The number of ether oxygens (including phenoxy) is 4. The number of nitrogens with one attached hydrogen (secondary N) is 2. The molecule has 7 rings (SSSR count). The van der Waals surface area contributed by atoms with Crippen LogP contribution in [0.4, 0.5) is 18.0 Å². The first-order valence-electron chi connectivity index (χ1n) is 22.7. The number of pyridine rings is 1. The number of alkyl halides is 3. The second-order valence-electron chi connectivity index (χ2n) is 19.8. The summed E-state index contributed by atoms with van der Waals surface area (Å²) in [4.78, 5) is 65.9. The number of amides is 3. The third-order valence-corrected chi connectivity index (χ3v) is 13.0. The lowest BCUT2D eigenvalue weighted by molar-refractivity contribution is -0.155. The van der Waals surface area contributed by atoms with Crippen molar-refractivity contribution in [2.45, 2.75) is 124 Å². The molecular weight excluding hydrogens is 894 g/mol. The highest BCUT2D eigenvalue weighted by atomic mass is 32.1. The van der Waals surface area contributed by atoms with Crippen molar-refractivity contribution in [2.75, 3.05) is 40.0 Å². The number of esters is 1. The van der Waals surface area contributed by atoms with Crippen LogP contribution in [0.5, 0.6) is 0 Å². The molecule has 6 bridgehead atoms. The number of benzene rings is 1. The zero-order chi connectivity index (χ0) is 48.6. The number of rotatable bonds is 10. The maximum atomic E-state index is 14.6. The summed E-state index contributed by atoms with van der Waals surface area (Å²) in [7, 11) is 1.51. The molecule has 3 aliphatic rings. The molecule has 0 spiro atoms. The van der Waals surface area contributed by atoms with E-state index in [1.807, 2.05) is 27.7 Å². The molecule has 3 aromatic heterocycles. The van der Waals surface area contributed by atoms with Gasteiger partial charge in [0, 0.05) is 53.7 Å². The van der Waals surface area contributed by atoms with Gasteiger partial charge in [0.2, 0.25) is 5.91 Å². The summed E-state index contributed by atoms with van der Waals surface area (Å²) in [6.07, 6.45) is -3.38. The van der Waals surface area contributed by atoms with E-state index in [-0.39, 0.29) is 50.4 Å². The van der Waals surface area contributed by atoms with Crippen LogP contribution in [0.2, 0.25) is 0 Å². The van der Waals surface area contributed by atoms with Crippen LogP contribution in [-0.4, -0.2) is 123 Å². The number of methoxy groups -OCH3 is 1. The Balaban J connectivity index is 1.24. The molecule has 364 valence electrons. The lowest BCUT2D eigenvalue weighted by Gasteiger charge is -2.40. The maximum absolute atomic E-state index is 14.6. The SMILES string of the molecule is CO[C@@H](C)c1ncccc1-c1c2c3cc(ccc3n1CC(F)(F)F)-c1nc(ns1)C[C@H](NC(=O)[C@@H](COC1CN(C(=O)OC(C)(C)C)C1)C(C)C)C(=O)N1CCC[C@H](N1)C(=O)OCC(C)(C)C2. The standard InChI is InChI=1S/C47H61F3N8O8S/c1-26(2)33(23-64-29-21-56(22-29)44(62)66-45(4,5)6)40(59)52-35-19-37-53-41(67-55-37)28-14-15-36-31(18-28)32(20-46(7,8)25-65-43(61)34-13-11-17-58(54-34)42(35)60)39(57(36)24-47(48,49)50)30-12-10-16-51-38(30)27(3)63-9/h10,12,14-16,18,26-27,29,33-35,54H,11,13,17,19-25H2,1-9H3,(H,52,59)/t27-,33-,34-,35-/m0/s1. The van der Waals surface area contributed by atoms with Crippen molar-refractivity contribution in [3.63, 3.8) is 0 Å². The van der Waals surface area contributed by atoms with Crippen molar-refractivity contribution in [1.29, 1.82) is 0 Å². The first-order valence-corrected chi connectivity index (χ1v) is 23.4. The van der Waals surface area contributed by atoms with Crippen LogP contribution in [0, 0.1) is 17.3 Å². The summed E-state index contributed by atoms with van der Waals surface area (Å²) < 4.78 is 72.9. The number of aromatic nitrogens is 4. The number of cyclic esters (lactones) is 1. The second kappa shape index (κ2) is 19.8. The third kappa shape index (κ3) is 11.8. The van der Waals surface area contributed by atoms with E-state index in [1.54, 1.807) is 64.2 Å². The average molecular weight is 955 g/mol. The van der Waals surface area contributed by atoms with E-state index in [9.17, 15) is 32.3 Å². The summed E-state index contributed by atoms with van der Waals surface area (Å²) >= 11 is 1.07. The highest BCUT2D eigenvalue weighted by Crippen LogP contribution is 2.43. The Kier molecular flexibility index (Phi) is 14.7. The third-order valence-electron chi connectivity index (χ3n) is 12.2. The van der Waals surface area contributed by atoms with Gasteiger partial charge in [-0.15, -0.1) is 0 Å². The first-order chi connectivity index (χ1) is 31.5. The summed E-state index contributed by atoms with van der Waals surface area (Å²) in [6, 6.07) is 6.51. The van der Waals surface area contributed by atoms with E-state index in [2.05, 4.69) is 20.1 Å². The lowest BCUT2D eigenvalue weighted by Crippen LogP contribution is -2.61. The van der Waals surface area contributed by atoms with Crippen molar-refractivity contribution in [1.82, 2.24) is 39.6 Å². The van der Waals surface area contributed by atoms with Gasteiger partial charge in [-0.25, -0.2) is 15.2 Å². The van der Waals surface area contributed by atoms with Crippen molar-refractivity contribution in [2.24, 2.45) is 17.3 Å². The fourth-order valence-corrected chi connectivity index (χ4v) is 9.27.